The van der Waals surface area contributed by atoms with E-state index in [-0.39, 0.29) is 0 Å². The summed E-state index contributed by atoms with van der Waals surface area (Å²) in [7, 11) is 0. The van der Waals surface area contributed by atoms with Crippen LogP contribution in [0, 0.1) is 0 Å². The van der Waals surface area contributed by atoms with E-state index in [4.69, 9.17) is 5.73 Å². The lowest BCUT2D eigenvalue weighted by Crippen LogP contribution is -1.97. The van der Waals surface area contributed by atoms with E-state index in [0.717, 1.165) is 32.2 Å². The van der Waals surface area contributed by atoms with Crippen molar-refractivity contribution >= 4 is 6.29 Å². The molecule has 0 aromatic rings. The molecule has 0 rings (SSSR count). The summed E-state index contributed by atoms with van der Waals surface area (Å²) < 4.78 is 0. The summed E-state index contributed by atoms with van der Waals surface area (Å²) in [4.78, 5) is 9.69. The van der Waals surface area contributed by atoms with E-state index in [0.29, 0.717) is 6.42 Å². The van der Waals surface area contributed by atoms with Gasteiger partial charge in [0.05, 0.1) is 0 Å². The molecule has 9 heavy (non-hydrogen) atoms. The number of nitrogens with two attached hydrogens (primary N) is 1. The number of hydrogen-bond acceptors (Lipinski definition) is 2. The Hall–Kier alpha value is -0.370. The lowest BCUT2D eigenvalue weighted by molar-refractivity contribution is 0.544. The number of hydrogen-bond donors (Lipinski definition) is 1. The topological polar surface area (TPSA) is 43.1 Å². The number of unbranched alkanes of at least 4 members (excludes halogenated alkanes) is 4. The van der Waals surface area contributed by atoms with Gasteiger partial charge in [0, 0.05) is 6.42 Å². The van der Waals surface area contributed by atoms with Crippen LogP contribution in [0.3, 0.4) is 0 Å². The summed E-state index contributed by atoms with van der Waals surface area (Å²) in [5.41, 5.74) is 5.27. The molecule has 0 aromatic carbocycles. The van der Waals surface area contributed by atoms with E-state index >= 15 is 0 Å². The van der Waals surface area contributed by atoms with Gasteiger partial charge in [-0.25, -0.2) is 0 Å². The van der Waals surface area contributed by atoms with Crippen molar-refractivity contribution in [2.75, 3.05) is 6.54 Å². The predicted molar refractivity (Wildman–Crippen MR) is 37.8 cm³/mol. The molecule has 53 valence electrons. The Labute approximate surface area is 56.4 Å². The molecule has 0 fully saturated rings. The average molecular weight is 128 g/mol. The summed E-state index contributed by atoms with van der Waals surface area (Å²) in [5, 5.41) is 0. The van der Waals surface area contributed by atoms with Crippen LogP contribution in [0.2, 0.25) is 0 Å². The maximum absolute atomic E-state index is 9.69. The van der Waals surface area contributed by atoms with Crippen molar-refractivity contribution in [3.63, 3.8) is 0 Å². The summed E-state index contributed by atoms with van der Waals surface area (Å²) in [6, 6.07) is 0. The lowest BCUT2D eigenvalue weighted by atomic mass is 10.1. The van der Waals surface area contributed by atoms with Gasteiger partial charge in [-0.3, -0.25) is 4.79 Å². The smallest absolute Gasteiger partial charge is 0.198 e. The van der Waals surface area contributed by atoms with Crippen molar-refractivity contribution in [3.8, 4) is 0 Å². The largest absolute Gasteiger partial charge is 0.330 e. The Bertz CT molecular complexity index is 63.9. The Balaban J connectivity index is 2.66. The van der Waals surface area contributed by atoms with Gasteiger partial charge >= 0.3 is 0 Å². The molecule has 2 nitrogen and oxygen atoms in total. The SMILES string of the molecule is NCCCCCC[C]=O. The third kappa shape index (κ3) is 7.63. The molecule has 0 unspecified atom stereocenters. The molecule has 0 aliphatic carbocycles. The van der Waals surface area contributed by atoms with Gasteiger partial charge in [-0.1, -0.05) is 12.8 Å². The second-order valence-corrected chi connectivity index (χ2v) is 2.10. The molecule has 0 spiro atoms. The monoisotopic (exact) mass is 128 g/mol. The molecule has 1 radical (unpaired) electrons. The van der Waals surface area contributed by atoms with Crippen LogP contribution in [0.25, 0.3) is 0 Å². The fourth-order valence-corrected chi connectivity index (χ4v) is 0.695. The van der Waals surface area contributed by atoms with Crippen molar-refractivity contribution in [2.45, 2.75) is 32.1 Å². The van der Waals surface area contributed by atoms with E-state index < -0.39 is 0 Å². The zero-order chi connectivity index (χ0) is 6.95. The average Bonchev–Trinajstić information content (AvgIpc) is 1.89. The summed E-state index contributed by atoms with van der Waals surface area (Å²) >= 11 is 0. The van der Waals surface area contributed by atoms with Crippen molar-refractivity contribution in [2.24, 2.45) is 5.73 Å². The highest BCUT2D eigenvalue weighted by molar-refractivity contribution is 5.50. The van der Waals surface area contributed by atoms with Crippen LogP contribution in [0.1, 0.15) is 32.1 Å². The van der Waals surface area contributed by atoms with Crippen LogP contribution in [0.4, 0.5) is 0 Å². The van der Waals surface area contributed by atoms with Gasteiger partial charge in [0.2, 0.25) is 0 Å². The normalized spacial score (nSPS) is 9.44. The Kier molecular flexibility index (Phi) is 7.32. The molecule has 0 aliphatic rings. The molecule has 0 bridgehead atoms. The molecule has 0 aliphatic heterocycles. The molecule has 0 amide bonds. The summed E-state index contributed by atoms with van der Waals surface area (Å²) in [6.45, 7) is 0.769. The number of carbonyl (C=O) groups excluding carboxylic acids is 1. The lowest BCUT2D eigenvalue weighted by Gasteiger charge is -1.93. The zero-order valence-corrected chi connectivity index (χ0v) is 5.73. The predicted octanol–water partition coefficient (Wildman–Crippen LogP) is 1.01. The van der Waals surface area contributed by atoms with E-state index in [1.54, 1.807) is 0 Å². The van der Waals surface area contributed by atoms with E-state index in [1.165, 1.54) is 0 Å². The number of rotatable bonds is 6. The minimum atomic E-state index is 0.588. The third-order valence-corrected chi connectivity index (χ3v) is 1.23. The van der Waals surface area contributed by atoms with Crippen molar-refractivity contribution in [1.82, 2.24) is 0 Å². The Morgan fingerprint density at radius 1 is 1.11 bits per heavy atom. The first-order valence-corrected chi connectivity index (χ1v) is 3.47. The van der Waals surface area contributed by atoms with Crippen molar-refractivity contribution in [3.05, 3.63) is 0 Å². The molecule has 0 atom stereocenters. The van der Waals surface area contributed by atoms with Gasteiger partial charge in [-0.15, -0.1) is 0 Å². The minimum absolute atomic E-state index is 0.588. The first-order chi connectivity index (χ1) is 4.41. The standard InChI is InChI=1S/C7H14NO/c8-6-4-2-1-3-5-7-9/h1-6,8H2. The molecular weight excluding hydrogens is 114 g/mol. The third-order valence-electron chi connectivity index (χ3n) is 1.23. The fraction of sp³-hybridized carbons (Fsp3) is 0.857. The molecule has 2 N–H and O–H groups in total. The van der Waals surface area contributed by atoms with Gasteiger partial charge in [-0.2, -0.15) is 0 Å². The van der Waals surface area contributed by atoms with Crippen LogP contribution in [0.15, 0.2) is 0 Å². The van der Waals surface area contributed by atoms with Crippen molar-refractivity contribution in [1.29, 1.82) is 0 Å². The molecule has 0 heterocycles. The Morgan fingerprint density at radius 2 is 1.78 bits per heavy atom. The quantitative estimate of drug-likeness (QED) is 0.542. The van der Waals surface area contributed by atoms with Crippen LogP contribution in [0.5, 0.6) is 0 Å². The zero-order valence-electron chi connectivity index (χ0n) is 5.73. The first-order valence-electron chi connectivity index (χ1n) is 3.47. The highest BCUT2D eigenvalue weighted by atomic mass is 16.1. The second kappa shape index (κ2) is 7.63. The first kappa shape index (κ1) is 8.63. The maximum Gasteiger partial charge on any atom is 0.198 e. The Morgan fingerprint density at radius 3 is 2.33 bits per heavy atom. The highest BCUT2D eigenvalue weighted by Gasteiger charge is 1.86. The van der Waals surface area contributed by atoms with Crippen LogP contribution >= 0.6 is 0 Å². The summed E-state index contributed by atoms with van der Waals surface area (Å²) in [6.07, 6.45) is 6.78. The molecule has 0 saturated carbocycles. The van der Waals surface area contributed by atoms with Gasteiger partial charge in [-0.05, 0) is 19.4 Å². The van der Waals surface area contributed by atoms with Crippen molar-refractivity contribution < 1.29 is 4.79 Å². The van der Waals surface area contributed by atoms with Gasteiger partial charge in [0.1, 0.15) is 0 Å². The molecular formula is C7H14NO. The van der Waals surface area contributed by atoms with Gasteiger partial charge in [0.15, 0.2) is 6.29 Å². The molecule has 2 heteroatoms. The van der Waals surface area contributed by atoms with Crippen LogP contribution in [-0.4, -0.2) is 12.8 Å². The van der Waals surface area contributed by atoms with Crippen LogP contribution in [-0.2, 0) is 4.79 Å². The molecule has 0 aromatic heterocycles. The maximum atomic E-state index is 9.69. The van der Waals surface area contributed by atoms with E-state index in [9.17, 15) is 4.79 Å². The summed E-state index contributed by atoms with van der Waals surface area (Å²) in [5.74, 6) is 0. The van der Waals surface area contributed by atoms with Crippen LogP contribution < -0.4 is 5.73 Å². The molecule has 0 saturated heterocycles. The van der Waals surface area contributed by atoms with E-state index in [2.05, 4.69) is 0 Å². The van der Waals surface area contributed by atoms with E-state index in [1.807, 2.05) is 6.29 Å². The second-order valence-electron chi connectivity index (χ2n) is 2.10. The fourth-order valence-electron chi connectivity index (χ4n) is 0.695. The van der Waals surface area contributed by atoms with Gasteiger partial charge < -0.3 is 5.73 Å². The minimum Gasteiger partial charge on any atom is -0.330 e. The highest BCUT2D eigenvalue weighted by Crippen LogP contribution is 1.99. The van der Waals surface area contributed by atoms with Gasteiger partial charge in [0.25, 0.3) is 0 Å².